The highest BCUT2D eigenvalue weighted by molar-refractivity contribution is 5.82. The topological polar surface area (TPSA) is 104 Å². The number of fused-ring (bicyclic) bond motifs is 4. The van der Waals surface area contributed by atoms with Crippen LogP contribution in [0.2, 0.25) is 0 Å². The molecule has 3 N–H and O–H groups in total. The van der Waals surface area contributed by atoms with Gasteiger partial charge >= 0.3 is 11.9 Å². The van der Waals surface area contributed by atoms with Gasteiger partial charge in [0.15, 0.2) is 0 Å². The number of carbonyl (C=O) groups is 2. The Balaban J connectivity index is 0.000000188. The van der Waals surface area contributed by atoms with E-state index in [1.165, 1.54) is 25.7 Å². The molecule has 4 fully saturated rings. The molecule has 0 amide bonds. The molecule has 4 saturated heterocycles. The Kier molecular flexibility index (Phi) is 11.1. The third-order valence-corrected chi connectivity index (χ3v) is 13.8. The summed E-state index contributed by atoms with van der Waals surface area (Å²) in [6, 6.07) is 22.1. The smallest absolute Gasteiger partial charge is 0.316 e. The minimum Gasteiger partial charge on any atom is -0.481 e. The van der Waals surface area contributed by atoms with E-state index in [0.29, 0.717) is 36.3 Å². The van der Waals surface area contributed by atoms with Crippen LogP contribution in [0.3, 0.4) is 0 Å². The average molecular weight is 665 g/mol. The van der Waals surface area contributed by atoms with Crippen LogP contribution in [0.25, 0.3) is 0 Å². The van der Waals surface area contributed by atoms with E-state index in [1.54, 1.807) is 0 Å². The minimum absolute atomic E-state index is 0.00212. The second-order valence-electron chi connectivity index (χ2n) is 16.0. The quantitative estimate of drug-likeness (QED) is 0.224. The Bertz CT molecular complexity index is 1350. The number of ether oxygens (including phenoxy) is 1. The van der Waals surface area contributed by atoms with E-state index in [2.05, 4.69) is 41.8 Å². The van der Waals surface area contributed by atoms with Crippen molar-refractivity contribution in [1.29, 1.82) is 0 Å². The summed E-state index contributed by atoms with van der Waals surface area (Å²) in [5.74, 6) is -1.75. The molecule has 0 spiro atoms. The maximum absolute atomic E-state index is 12.6. The molecule has 4 bridgehead atoms. The zero-order chi connectivity index (χ0) is 34.9. The summed E-state index contributed by atoms with van der Waals surface area (Å²) in [6.45, 7) is 8.62. The Morgan fingerprint density at radius 1 is 0.750 bits per heavy atom. The Morgan fingerprint density at radius 2 is 1.19 bits per heavy atom. The molecule has 2 aromatic rings. The molecule has 48 heavy (non-hydrogen) atoms. The fraction of sp³-hybridized carbons (Fsp3) is 0.650. The highest BCUT2D eigenvalue weighted by Gasteiger charge is 2.59. The van der Waals surface area contributed by atoms with Gasteiger partial charge < -0.3 is 29.0 Å². The number of aliphatic hydroxyl groups is 2. The van der Waals surface area contributed by atoms with E-state index in [-0.39, 0.29) is 31.2 Å². The van der Waals surface area contributed by atoms with Crippen molar-refractivity contribution >= 4 is 11.9 Å². The molecule has 6 atom stereocenters. The SMILES string of the molecule is CC(C)[N+]1(C)C2CCC1CC(C(CO)(C(=O)O)c1ccccc1)C2.CC(C)[N+]1(C)C2CCC1CC(OC(=O)C(CO)c1ccccc1)C2. The van der Waals surface area contributed by atoms with Gasteiger partial charge in [-0.25, -0.2) is 0 Å². The number of carbonyl (C=O) groups excluding carboxylic acids is 1. The number of esters is 1. The second kappa shape index (κ2) is 14.6. The first kappa shape index (κ1) is 36.5. The lowest BCUT2D eigenvalue weighted by atomic mass is 9.65. The number of aliphatic hydroxyl groups excluding tert-OH is 2. The van der Waals surface area contributed by atoms with Crippen molar-refractivity contribution in [2.75, 3.05) is 27.3 Å². The minimum atomic E-state index is -1.18. The van der Waals surface area contributed by atoms with Crippen molar-refractivity contribution in [1.82, 2.24) is 0 Å². The van der Waals surface area contributed by atoms with Gasteiger partial charge in [-0.05, 0) is 44.7 Å². The lowest BCUT2D eigenvalue weighted by Gasteiger charge is -2.52. The molecule has 6 unspecified atom stereocenters. The average Bonchev–Trinajstić information content (AvgIpc) is 3.33. The number of benzene rings is 2. The summed E-state index contributed by atoms with van der Waals surface area (Å²) in [4.78, 5) is 24.9. The van der Waals surface area contributed by atoms with Gasteiger partial charge in [-0.2, -0.15) is 0 Å². The molecule has 0 aliphatic carbocycles. The van der Waals surface area contributed by atoms with Crippen LogP contribution in [-0.2, 0) is 19.7 Å². The Labute approximate surface area is 287 Å². The molecule has 0 saturated carbocycles. The number of piperidine rings is 2. The summed E-state index contributed by atoms with van der Waals surface area (Å²) in [6.07, 6.45) is 8.47. The molecule has 4 heterocycles. The molecule has 0 aromatic heterocycles. The standard InChI is InChI=1S/C20H29NO3.C20H30NO3/c1-14(2)21(3)17-9-10-18(21)12-16(11-17)20(13-22,19(23)24)15-7-5-4-6-8-15;1-14(2)21(3)16-9-10-17(21)12-18(11-16)24-20(23)19(13-22)15-7-5-4-6-8-15/h4-8,14,16-18,22H,9-13H2,1-3H3;4-8,14,16-19,22H,9-13H2,1-3H3/q;+1/p+1. The zero-order valence-corrected chi connectivity index (χ0v) is 30.0. The number of carboxylic acids is 1. The van der Waals surface area contributed by atoms with Gasteiger partial charge in [0, 0.05) is 51.4 Å². The van der Waals surface area contributed by atoms with Gasteiger partial charge in [0.2, 0.25) is 0 Å². The van der Waals surface area contributed by atoms with E-state index in [0.717, 1.165) is 45.8 Å². The Morgan fingerprint density at radius 3 is 1.58 bits per heavy atom. The predicted octanol–water partition coefficient (Wildman–Crippen LogP) is 5.65. The van der Waals surface area contributed by atoms with Crippen molar-refractivity contribution in [2.24, 2.45) is 5.92 Å². The van der Waals surface area contributed by atoms with Gasteiger partial charge in [0.1, 0.15) is 17.4 Å². The van der Waals surface area contributed by atoms with Crippen LogP contribution in [0.1, 0.15) is 96.1 Å². The van der Waals surface area contributed by atoms with E-state index >= 15 is 0 Å². The monoisotopic (exact) mass is 664 g/mol. The highest BCUT2D eigenvalue weighted by atomic mass is 16.5. The van der Waals surface area contributed by atoms with Crippen LogP contribution in [0.15, 0.2) is 60.7 Å². The summed E-state index contributed by atoms with van der Waals surface area (Å²) in [5.41, 5.74) is 0.390. The molecule has 264 valence electrons. The van der Waals surface area contributed by atoms with Crippen molar-refractivity contribution < 1.29 is 38.6 Å². The van der Waals surface area contributed by atoms with Crippen LogP contribution in [0.5, 0.6) is 0 Å². The molecule has 0 radical (unpaired) electrons. The molecule has 4 aliphatic rings. The van der Waals surface area contributed by atoms with Crippen LogP contribution in [-0.4, -0.2) is 106 Å². The van der Waals surface area contributed by atoms with Gasteiger partial charge in [0.05, 0.1) is 63.6 Å². The first-order chi connectivity index (χ1) is 22.8. The van der Waals surface area contributed by atoms with Gasteiger partial charge in [-0.15, -0.1) is 0 Å². The fourth-order valence-corrected chi connectivity index (χ4v) is 10.3. The van der Waals surface area contributed by atoms with E-state index in [9.17, 15) is 24.9 Å². The molecule has 6 rings (SSSR count). The molecular weight excluding hydrogens is 604 g/mol. The van der Waals surface area contributed by atoms with Crippen LogP contribution >= 0.6 is 0 Å². The highest BCUT2D eigenvalue weighted by Crippen LogP contribution is 2.51. The Hall–Kier alpha value is -2.78. The van der Waals surface area contributed by atoms with Crippen molar-refractivity contribution in [3.63, 3.8) is 0 Å². The second-order valence-corrected chi connectivity index (χ2v) is 16.0. The first-order valence-electron chi connectivity index (χ1n) is 18.3. The third-order valence-electron chi connectivity index (χ3n) is 13.8. The van der Waals surface area contributed by atoms with Crippen LogP contribution in [0.4, 0.5) is 0 Å². The summed E-state index contributed by atoms with van der Waals surface area (Å²) in [7, 11) is 4.71. The van der Waals surface area contributed by atoms with Gasteiger partial charge in [-0.1, -0.05) is 60.7 Å². The fourth-order valence-electron chi connectivity index (χ4n) is 10.3. The number of aliphatic carboxylic acids is 1. The van der Waals surface area contributed by atoms with Crippen molar-refractivity contribution in [2.45, 2.75) is 133 Å². The van der Waals surface area contributed by atoms with Crippen molar-refractivity contribution in [3.05, 3.63) is 71.8 Å². The van der Waals surface area contributed by atoms with E-state index < -0.39 is 17.3 Å². The number of hydrogen-bond donors (Lipinski definition) is 3. The summed E-state index contributed by atoms with van der Waals surface area (Å²) in [5, 5.41) is 29.9. The van der Waals surface area contributed by atoms with Crippen LogP contribution in [0, 0.1) is 5.92 Å². The third kappa shape index (κ3) is 6.34. The maximum atomic E-state index is 12.6. The molecular formula is C40H60N2O6+2. The lowest BCUT2D eigenvalue weighted by Crippen LogP contribution is -2.64. The zero-order valence-electron chi connectivity index (χ0n) is 30.0. The predicted molar refractivity (Wildman–Crippen MR) is 187 cm³/mol. The summed E-state index contributed by atoms with van der Waals surface area (Å²) < 4.78 is 8.03. The lowest BCUT2D eigenvalue weighted by molar-refractivity contribution is -0.968. The number of hydrogen-bond acceptors (Lipinski definition) is 5. The number of nitrogens with zero attached hydrogens (tertiary/aromatic N) is 2. The molecule has 2 aromatic carbocycles. The van der Waals surface area contributed by atoms with E-state index in [4.69, 9.17) is 4.74 Å². The number of rotatable bonds is 10. The molecule has 8 nitrogen and oxygen atoms in total. The maximum Gasteiger partial charge on any atom is 0.316 e. The van der Waals surface area contributed by atoms with Gasteiger partial charge in [-0.3, -0.25) is 9.59 Å². The first-order valence-corrected chi connectivity index (χ1v) is 18.3. The normalized spacial score (nSPS) is 34.2. The number of quaternary nitrogens is 2. The van der Waals surface area contributed by atoms with E-state index in [1.807, 2.05) is 60.7 Å². The summed E-state index contributed by atoms with van der Waals surface area (Å²) >= 11 is 0. The molecule has 4 aliphatic heterocycles. The number of carboxylic acid groups (broad SMARTS) is 1. The molecule has 8 heteroatoms. The van der Waals surface area contributed by atoms with Crippen molar-refractivity contribution in [3.8, 4) is 0 Å². The van der Waals surface area contributed by atoms with Gasteiger partial charge in [0.25, 0.3) is 0 Å². The largest absolute Gasteiger partial charge is 0.481 e. The van der Waals surface area contributed by atoms with Crippen LogP contribution < -0.4 is 0 Å².